The molecule has 0 saturated carbocycles. The summed E-state index contributed by atoms with van der Waals surface area (Å²) >= 11 is 0. The van der Waals surface area contributed by atoms with Crippen molar-refractivity contribution in [2.75, 3.05) is 18.9 Å². The smallest absolute Gasteiger partial charge is 0.265 e. The zero-order chi connectivity index (χ0) is 20.4. The largest absolute Gasteiger partial charge is 0.497 e. The van der Waals surface area contributed by atoms with E-state index in [4.69, 9.17) is 9.47 Å². The molecule has 148 valence electrons. The summed E-state index contributed by atoms with van der Waals surface area (Å²) in [5.74, 6) is 0.674. The first-order chi connectivity index (χ1) is 14.0. The molecule has 2 N–H and O–H groups in total. The van der Waals surface area contributed by atoms with Crippen LogP contribution in [0.2, 0.25) is 0 Å². The van der Waals surface area contributed by atoms with Gasteiger partial charge >= 0.3 is 0 Å². The molecule has 0 unspecified atom stereocenters. The van der Waals surface area contributed by atoms with Crippen LogP contribution in [0, 0.1) is 0 Å². The summed E-state index contributed by atoms with van der Waals surface area (Å²) in [5, 5.41) is 1.12. The molecular weight excluding hydrogens is 388 g/mol. The number of rotatable bonds is 6. The zero-order valence-electron chi connectivity index (χ0n) is 16.0. The lowest BCUT2D eigenvalue weighted by Crippen LogP contribution is -2.14. The van der Waals surface area contributed by atoms with E-state index in [0.717, 1.165) is 22.2 Å². The summed E-state index contributed by atoms with van der Waals surface area (Å²) in [4.78, 5) is 3.38. The highest BCUT2D eigenvalue weighted by Gasteiger charge is 2.21. The van der Waals surface area contributed by atoms with Crippen LogP contribution in [0.15, 0.2) is 77.7 Å². The van der Waals surface area contributed by atoms with Crippen molar-refractivity contribution in [1.82, 2.24) is 4.98 Å². The number of hydrogen-bond acceptors (Lipinski definition) is 4. The molecule has 1 heterocycles. The van der Waals surface area contributed by atoms with Gasteiger partial charge in [-0.25, -0.2) is 8.42 Å². The molecule has 29 heavy (non-hydrogen) atoms. The molecule has 6 nitrogen and oxygen atoms in total. The molecule has 0 radical (unpaired) electrons. The number of hydrogen-bond donors (Lipinski definition) is 2. The molecule has 0 saturated heterocycles. The van der Waals surface area contributed by atoms with Crippen LogP contribution in [0.4, 0.5) is 5.69 Å². The lowest BCUT2D eigenvalue weighted by atomic mass is 10.1. The van der Waals surface area contributed by atoms with E-state index in [0.29, 0.717) is 11.4 Å². The van der Waals surface area contributed by atoms with E-state index >= 15 is 0 Å². The van der Waals surface area contributed by atoms with Crippen molar-refractivity contribution in [2.45, 2.75) is 4.90 Å². The number of para-hydroxylation sites is 1. The Bertz CT molecular complexity index is 1230. The van der Waals surface area contributed by atoms with Gasteiger partial charge in [0.1, 0.15) is 16.4 Å². The van der Waals surface area contributed by atoms with Gasteiger partial charge in [0, 0.05) is 28.4 Å². The van der Waals surface area contributed by atoms with Crippen molar-refractivity contribution in [3.63, 3.8) is 0 Å². The van der Waals surface area contributed by atoms with Crippen molar-refractivity contribution in [2.24, 2.45) is 0 Å². The minimum absolute atomic E-state index is 0.0130. The second kappa shape index (κ2) is 7.52. The Balaban J connectivity index is 1.61. The van der Waals surface area contributed by atoms with Crippen LogP contribution >= 0.6 is 0 Å². The van der Waals surface area contributed by atoms with Crippen LogP contribution in [-0.2, 0) is 10.0 Å². The third-order valence-electron chi connectivity index (χ3n) is 4.64. The maximum Gasteiger partial charge on any atom is 0.265 e. The number of benzene rings is 3. The van der Waals surface area contributed by atoms with Crippen LogP contribution in [-0.4, -0.2) is 27.6 Å². The molecule has 1 aromatic heterocycles. The second-order valence-corrected chi connectivity index (χ2v) is 8.12. The van der Waals surface area contributed by atoms with Crippen molar-refractivity contribution in [3.8, 4) is 22.8 Å². The Labute approximate surface area is 169 Å². The fourth-order valence-corrected chi connectivity index (χ4v) is 4.39. The Hall–Kier alpha value is -3.45. The molecule has 0 amide bonds. The van der Waals surface area contributed by atoms with Crippen molar-refractivity contribution in [1.29, 1.82) is 0 Å². The highest BCUT2D eigenvalue weighted by molar-refractivity contribution is 7.92. The normalized spacial score (nSPS) is 11.4. The summed E-state index contributed by atoms with van der Waals surface area (Å²) in [6.07, 6.45) is 0. The monoisotopic (exact) mass is 408 g/mol. The van der Waals surface area contributed by atoms with E-state index < -0.39 is 10.0 Å². The molecule has 0 spiro atoms. The number of methoxy groups -OCH3 is 2. The summed E-state index contributed by atoms with van der Waals surface area (Å²) < 4.78 is 38.7. The van der Waals surface area contributed by atoms with Crippen LogP contribution in [0.1, 0.15) is 0 Å². The molecular formula is C22H20N2O4S. The SMILES string of the molecule is COc1ccc(OC)c(S(=O)(=O)Nc2ccc(-c3cc4ccccc4[nH]3)cc2)c1. The average molecular weight is 408 g/mol. The van der Waals surface area contributed by atoms with Crippen LogP contribution in [0.5, 0.6) is 11.5 Å². The standard InChI is InChI=1S/C22H20N2O4S/c1-27-18-11-12-21(28-2)22(14-18)29(25,26)24-17-9-7-15(8-10-17)20-13-16-5-3-4-6-19(16)23-20/h3-14,23-24H,1-2H3. The lowest BCUT2D eigenvalue weighted by Gasteiger charge is -2.13. The van der Waals surface area contributed by atoms with Gasteiger partial charge in [-0.1, -0.05) is 30.3 Å². The maximum absolute atomic E-state index is 12.9. The van der Waals surface area contributed by atoms with Gasteiger partial charge in [0.05, 0.1) is 14.2 Å². The van der Waals surface area contributed by atoms with Crippen molar-refractivity contribution in [3.05, 3.63) is 72.8 Å². The van der Waals surface area contributed by atoms with E-state index in [1.807, 2.05) is 36.4 Å². The Morgan fingerprint density at radius 3 is 2.31 bits per heavy atom. The lowest BCUT2D eigenvalue weighted by molar-refractivity contribution is 0.392. The molecule has 7 heteroatoms. The minimum Gasteiger partial charge on any atom is -0.497 e. The molecule has 4 aromatic rings. The average Bonchev–Trinajstić information content (AvgIpc) is 3.17. The fraction of sp³-hybridized carbons (Fsp3) is 0.0909. The first-order valence-corrected chi connectivity index (χ1v) is 10.4. The Kier molecular flexibility index (Phi) is 4.90. The van der Waals surface area contributed by atoms with Gasteiger partial charge in [-0.3, -0.25) is 4.72 Å². The van der Waals surface area contributed by atoms with Gasteiger partial charge in [0.2, 0.25) is 0 Å². The van der Waals surface area contributed by atoms with Gasteiger partial charge in [-0.15, -0.1) is 0 Å². The molecule has 3 aromatic carbocycles. The molecule has 0 aliphatic rings. The summed E-state index contributed by atoms with van der Waals surface area (Å²) in [7, 11) is -0.942. The van der Waals surface area contributed by atoms with Crippen molar-refractivity contribution >= 4 is 26.6 Å². The number of ether oxygens (including phenoxy) is 2. The molecule has 0 bridgehead atoms. The van der Waals surface area contributed by atoms with Gasteiger partial charge in [-0.2, -0.15) is 0 Å². The minimum atomic E-state index is -3.85. The number of aromatic amines is 1. The third kappa shape index (κ3) is 3.77. The Morgan fingerprint density at radius 1 is 0.862 bits per heavy atom. The molecule has 0 fully saturated rings. The number of H-pyrrole nitrogens is 1. The summed E-state index contributed by atoms with van der Waals surface area (Å²) in [5.41, 5.74) is 3.44. The number of fused-ring (bicyclic) bond motifs is 1. The summed E-state index contributed by atoms with van der Waals surface area (Å²) in [6.45, 7) is 0. The van der Waals surface area contributed by atoms with E-state index in [9.17, 15) is 8.42 Å². The first kappa shape index (κ1) is 18.9. The zero-order valence-corrected chi connectivity index (χ0v) is 16.8. The first-order valence-electron chi connectivity index (χ1n) is 8.93. The molecule has 4 rings (SSSR count). The number of sulfonamides is 1. The van der Waals surface area contributed by atoms with Gasteiger partial charge < -0.3 is 14.5 Å². The third-order valence-corrected chi connectivity index (χ3v) is 6.04. The number of nitrogens with one attached hydrogen (secondary N) is 2. The maximum atomic E-state index is 12.9. The van der Waals surface area contributed by atoms with Crippen LogP contribution < -0.4 is 14.2 Å². The predicted octanol–water partition coefficient (Wildman–Crippen LogP) is 4.65. The summed E-state index contributed by atoms with van der Waals surface area (Å²) in [6, 6.07) is 21.9. The highest BCUT2D eigenvalue weighted by Crippen LogP contribution is 2.30. The fourth-order valence-electron chi connectivity index (χ4n) is 3.15. The number of anilines is 1. The van der Waals surface area contributed by atoms with Gasteiger partial charge in [0.25, 0.3) is 10.0 Å². The predicted molar refractivity (Wildman–Crippen MR) is 114 cm³/mol. The van der Waals surface area contributed by atoms with E-state index in [-0.39, 0.29) is 10.6 Å². The topological polar surface area (TPSA) is 80.4 Å². The number of aromatic nitrogens is 1. The van der Waals surface area contributed by atoms with Crippen LogP contribution in [0.25, 0.3) is 22.2 Å². The Morgan fingerprint density at radius 2 is 1.62 bits per heavy atom. The van der Waals surface area contributed by atoms with Crippen LogP contribution in [0.3, 0.4) is 0 Å². The van der Waals surface area contributed by atoms with Gasteiger partial charge in [-0.05, 0) is 42.0 Å². The van der Waals surface area contributed by atoms with E-state index in [1.165, 1.54) is 20.3 Å². The highest BCUT2D eigenvalue weighted by atomic mass is 32.2. The molecule has 0 aliphatic carbocycles. The molecule has 0 atom stereocenters. The van der Waals surface area contributed by atoms with Gasteiger partial charge in [0.15, 0.2) is 0 Å². The molecule has 0 aliphatic heterocycles. The van der Waals surface area contributed by atoms with E-state index in [2.05, 4.69) is 15.8 Å². The quantitative estimate of drug-likeness (QED) is 0.487. The second-order valence-electron chi connectivity index (χ2n) is 6.47. The van der Waals surface area contributed by atoms with E-state index in [1.54, 1.807) is 24.3 Å². The van der Waals surface area contributed by atoms with Crippen molar-refractivity contribution < 1.29 is 17.9 Å².